The quantitative estimate of drug-likeness (QED) is 0.570. The number of imide groups is 1. The molecule has 0 fully saturated rings. The molecule has 1 N–H and O–H groups in total. The van der Waals surface area contributed by atoms with E-state index in [4.69, 9.17) is 0 Å². The normalized spacial score (nSPS) is 17.1. The fourth-order valence-corrected chi connectivity index (χ4v) is 4.88. The van der Waals surface area contributed by atoms with Gasteiger partial charge in [0.2, 0.25) is 5.91 Å². The topological polar surface area (TPSA) is 84.3 Å². The molecule has 0 bridgehead atoms. The van der Waals surface area contributed by atoms with Crippen LogP contribution in [0.3, 0.4) is 0 Å². The monoisotopic (exact) mass is 442 g/mol. The zero-order valence-electron chi connectivity index (χ0n) is 18.4. The lowest BCUT2D eigenvalue weighted by atomic mass is 9.83. The van der Waals surface area contributed by atoms with E-state index in [1.54, 1.807) is 41.2 Å². The number of aromatic nitrogens is 2. The Morgan fingerprint density at radius 1 is 1.03 bits per heavy atom. The fourth-order valence-electron chi connectivity index (χ4n) is 4.88. The Balaban J connectivity index is 1.17. The van der Waals surface area contributed by atoms with E-state index in [1.165, 1.54) is 16.0 Å². The van der Waals surface area contributed by atoms with Crippen molar-refractivity contribution in [3.05, 3.63) is 89.0 Å². The van der Waals surface area contributed by atoms with E-state index in [2.05, 4.69) is 34.6 Å². The number of benzene rings is 2. The van der Waals surface area contributed by atoms with Crippen molar-refractivity contribution in [3.8, 4) is 0 Å². The van der Waals surface area contributed by atoms with E-state index in [9.17, 15) is 14.4 Å². The molecule has 33 heavy (non-hydrogen) atoms. The Hall–Kier alpha value is -3.74. The molecule has 1 aliphatic heterocycles. The number of hydrogen-bond acceptors (Lipinski definition) is 4. The second-order valence-corrected chi connectivity index (χ2v) is 8.62. The van der Waals surface area contributed by atoms with Gasteiger partial charge in [0.05, 0.1) is 11.1 Å². The largest absolute Gasteiger partial charge is 0.354 e. The molecule has 1 aromatic heterocycles. The first-order valence-electron chi connectivity index (χ1n) is 11.4. The van der Waals surface area contributed by atoms with Crippen molar-refractivity contribution in [2.45, 2.75) is 38.1 Å². The lowest BCUT2D eigenvalue weighted by Crippen LogP contribution is -2.34. The number of hydrogen-bond donors (Lipinski definition) is 1. The molecular weight excluding hydrogens is 416 g/mol. The predicted octanol–water partition coefficient (Wildman–Crippen LogP) is 2.96. The van der Waals surface area contributed by atoms with Gasteiger partial charge >= 0.3 is 0 Å². The van der Waals surface area contributed by atoms with Gasteiger partial charge in [0.25, 0.3) is 11.8 Å². The minimum Gasteiger partial charge on any atom is -0.354 e. The van der Waals surface area contributed by atoms with Gasteiger partial charge in [0, 0.05) is 37.8 Å². The molecule has 7 heteroatoms. The van der Waals surface area contributed by atoms with E-state index in [1.807, 2.05) is 0 Å². The molecule has 1 aliphatic carbocycles. The third-order valence-electron chi connectivity index (χ3n) is 6.59. The second kappa shape index (κ2) is 9.02. The Bertz CT molecular complexity index is 1180. The zero-order chi connectivity index (χ0) is 22.8. The van der Waals surface area contributed by atoms with Crippen LogP contribution in [0.5, 0.6) is 0 Å². The minimum absolute atomic E-state index is 0.0713. The summed E-state index contributed by atoms with van der Waals surface area (Å²) in [4.78, 5) is 43.4. The van der Waals surface area contributed by atoms with Crippen LogP contribution in [0.2, 0.25) is 0 Å². The first-order valence-corrected chi connectivity index (χ1v) is 11.4. The molecule has 2 heterocycles. The first kappa shape index (κ1) is 21.1. The predicted molar refractivity (Wildman–Crippen MR) is 123 cm³/mol. The number of rotatable bonds is 7. The lowest BCUT2D eigenvalue weighted by molar-refractivity contribution is -0.121. The van der Waals surface area contributed by atoms with E-state index < -0.39 is 0 Å². The van der Waals surface area contributed by atoms with Gasteiger partial charge in [-0.3, -0.25) is 19.3 Å². The number of fused-ring (bicyclic) bond motifs is 2. The van der Waals surface area contributed by atoms with Gasteiger partial charge in [-0.2, -0.15) is 0 Å². The fraction of sp³-hybridized carbons (Fsp3) is 0.308. The van der Waals surface area contributed by atoms with Crippen LogP contribution in [0.4, 0.5) is 0 Å². The molecular formula is C26H26N4O3. The van der Waals surface area contributed by atoms with E-state index in [0.29, 0.717) is 35.8 Å². The van der Waals surface area contributed by atoms with Gasteiger partial charge in [0.1, 0.15) is 12.4 Å². The third-order valence-corrected chi connectivity index (χ3v) is 6.59. The Morgan fingerprint density at radius 2 is 1.76 bits per heavy atom. The highest BCUT2D eigenvalue weighted by atomic mass is 16.2. The van der Waals surface area contributed by atoms with E-state index >= 15 is 0 Å². The molecule has 3 aromatic rings. The van der Waals surface area contributed by atoms with Gasteiger partial charge in [-0.15, -0.1) is 0 Å². The van der Waals surface area contributed by atoms with Crippen molar-refractivity contribution < 1.29 is 14.4 Å². The summed E-state index contributed by atoms with van der Waals surface area (Å²) in [7, 11) is 0. The number of carbonyl (C=O) groups excluding carboxylic acids is 3. The number of amides is 3. The lowest BCUT2D eigenvalue weighted by Gasteiger charge is -2.25. The molecule has 5 rings (SSSR count). The summed E-state index contributed by atoms with van der Waals surface area (Å²) in [6, 6.07) is 15.3. The summed E-state index contributed by atoms with van der Waals surface area (Å²) >= 11 is 0. The van der Waals surface area contributed by atoms with Crippen molar-refractivity contribution in [1.82, 2.24) is 19.8 Å². The third kappa shape index (κ3) is 4.18. The van der Waals surface area contributed by atoms with Gasteiger partial charge < -0.3 is 9.88 Å². The molecule has 2 aliphatic rings. The van der Waals surface area contributed by atoms with Gasteiger partial charge in [0.15, 0.2) is 0 Å². The molecule has 0 spiro atoms. The van der Waals surface area contributed by atoms with Crippen LogP contribution in [0.25, 0.3) is 0 Å². The number of aryl methyl sites for hydroxylation is 1. The molecule has 0 saturated heterocycles. The minimum atomic E-state index is -0.279. The second-order valence-electron chi connectivity index (χ2n) is 8.62. The van der Waals surface area contributed by atoms with Gasteiger partial charge in [-0.05, 0) is 42.5 Å². The van der Waals surface area contributed by atoms with Crippen molar-refractivity contribution in [3.63, 3.8) is 0 Å². The molecule has 0 saturated carbocycles. The standard InChI is InChI=1S/C26H26N4O3/c31-24(28-16-19-8-5-7-18-6-1-2-9-20(18)19)17-29-15-13-27-23(29)12-14-30-25(32)21-10-3-4-11-22(21)26(30)33/h1-4,6,9-11,13,15,19H,5,7-8,12,14,16-17H2,(H,28,31). The molecule has 7 nitrogen and oxygen atoms in total. The van der Waals surface area contributed by atoms with Crippen molar-refractivity contribution >= 4 is 17.7 Å². The number of nitrogens with one attached hydrogen (secondary N) is 1. The number of carbonyl (C=O) groups is 3. The molecule has 2 aromatic carbocycles. The van der Waals surface area contributed by atoms with Crippen molar-refractivity contribution in [2.75, 3.05) is 13.1 Å². The highest BCUT2D eigenvalue weighted by Gasteiger charge is 2.34. The molecule has 1 unspecified atom stereocenters. The maximum absolute atomic E-state index is 12.7. The van der Waals surface area contributed by atoms with Crippen LogP contribution in [-0.2, 0) is 24.2 Å². The van der Waals surface area contributed by atoms with Gasteiger partial charge in [-0.25, -0.2) is 4.98 Å². The molecule has 0 radical (unpaired) electrons. The maximum Gasteiger partial charge on any atom is 0.261 e. The van der Waals surface area contributed by atoms with Crippen LogP contribution in [0.15, 0.2) is 60.9 Å². The smallest absolute Gasteiger partial charge is 0.261 e. The molecule has 3 amide bonds. The van der Waals surface area contributed by atoms with Crippen molar-refractivity contribution in [2.24, 2.45) is 0 Å². The number of imidazole rings is 1. The summed E-state index contributed by atoms with van der Waals surface area (Å²) in [5, 5.41) is 3.08. The highest BCUT2D eigenvalue weighted by Crippen LogP contribution is 2.30. The summed E-state index contributed by atoms with van der Waals surface area (Å²) in [6.45, 7) is 1.00. The highest BCUT2D eigenvalue weighted by molar-refractivity contribution is 6.21. The zero-order valence-corrected chi connectivity index (χ0v) is 18.4. The van der Waals surface area contributed by atoms with Gasteiger partial charge in [-0.1, -0.05) is 36.4 Å². The van der Waals surface area contributed by atoms with Crippen LogP contribution < -0.4 is 5.32 Å². The molecule has 168 valence electrons. The van der Waals surface area contributed by atoms with Crippen LogP contribution in [-0.4, -0.2) is 45.3 Å². The summed E-state index contributed by atoms with van der Waals surface area (Å²) < 4.78 is 1.78. The van der Waals surface area contributed by atoms with Crippen molar-refractivity contribution in [1.29, 1.82) is 0 Å². The van der Waals surface area contributed by atoms with Crippen LogP contribution in [0, 0.1) is 0 Å². The van der Waals surface area contributed by atoms with E-state index in [0.717, 1.165) is 19.3 Å². The van der Waals surface area contributed by atoms with E-state index in [-0.39, 0.29) is 30.8 Å². The summed E-state index contributed by atoms with van der Waals surface area (Å²) in [5.41, 5.74) is 3.60. The maximum atomic E-state index is 12.7. The Labute approximate surface area is 192 Å². The Morgan fingerprint density at radius 3 is 2.55 bits per heavy atom. The summed E-state index contributed by atoms with van der Waals surface area (Å²) in [6.07, 6.45) is 7.11. The first-order chi connectivity index (χ1) is 16.1. The average molecular weight is 443 g/mol. The summed E-state index contributed by atoms with van der Waals surface area (Å²) in [5.74, 6) is 0.385. The van der Waals surface area contributed by atoms with Crippen LogP contribution >= 0.6 is 0 Å². The Kier molecular flexibility index (Phi) is 5.77. The number of nitrogens with zero attached hydrogens (tertiary/aromatic N) is 3. The SMILES string of the molecule is O=C(Cn1ccnc1CCN1C(=O)c2ccccc2C1=O)NCC1CCCc2ccccc21. The molecule has 1 atom stereocenters. The average Bonchev–Trinajstić information content (AvgIpc) is 3.38. The van der Waals surface area contributed by atoms with Crippen LogP contribution in [0.1, 0.15) is 56.4 Å².